The first-order chi connectivity index (χ1) is 11.6. The molecular weight excluding hydrogens is 310 g/mol. The van der Waals surface area contributed by atoms with Gasteiger partial charge in [-0.2, -0.15) is 0 Å². The fraction of sp³-hybridized carbons (Fsp3) is 0.438. The SMILES string of the molecule is O=C(Cn1cnnn1)NC(CC1CCCc2ccccc21)C(=O)O. The van der Waals surface area contributed by atoms with E-state index in [2.05, 4.69) is 33.0 Å². The lowest BCUT2D eigenvalue weighted by Gasteiger charge is -2.28. The minimum atomic E-state index is -1.02. The molecule has 8 nitrogen and oxygen atoms in total. The predicted octanol–water partition coefficient (Wildman–Crippen LogP) is 0.753. The molecule has 0 fully saturated rings. The van der Waals surface area contributed by atoms with Gasteiger partial charge >= 0.3 is 5.97 Å². The first kappa shape index (κ1) is 16.1. The van der Waals surface area contributed by atoms with Gasteiger partial charge in [-0.15, -0.1) is 5.10 Å². The molecule has 0 saturated heterocycles. The molecule has 2 unspecified atom stereocenters. The number of aromatic nitrogens is 4. The number of hydrogen-bond donors (Lipinski definition) is 2. The molecule has 0 spiro atoms. The quantitative estimate of drug-likeness (QED) is 0.809. The molecule has 0 saturated carbocycles. The van der Waals surface area contributed by atoms with Crippen molar-refractivity contribution in [2.75, 3.05) is 0 Å². The summed E-state index contributed by atoms with van der Waals surface area (Å²) in [6.07, 6.45) is 4.69. The summed E-state index contributed by atoms with van der Waals surface area (Å²) in [5.74, 6) is -1.30. The third kappa shape index (κ3) is 3.76. The second-order valence-electron chi connectivity index (χ2n) is 5.99. The summed E-state index contributed by atoms with van der Waals surface area (Å²) in [7, 11) is 0. The maximum Gasteiger partial charge on any atom is 0.326 e. The lowest BCUT2D eigenvalue weighted by molar-refractivity contribution is -0.142. The van der Waals surface area contributed by atoms with Gasteiger partial charge < -0.3 is 10.4 Å². The largest absolute Gasteiger partial charge is 0.480 e. The minimum absolute atomic E-state index is 0.0992. The summed E-state index contributed by atoms with van der Waals surface area (Å²) in [6, 6.07) is 7.20. The first-order valence-electron chi connectivity index (χ1n) is 7.94. The van der Waals surface area contributed by atoms with Crippen molar-refractivity contribution in [3.63, 3.8) is 0 Å². The van der Waals surface area contributed by atoms with E-state index in [4.69, 9.17) is 0 Å². The van der Waals surface area contributed by atoms with Gasteiger partial charge in [-0.25, -0.2) is 9.48 Å². The normalized spacial score (nSPS) is 17.8. The van der Waals surface area contributed by atoms with Crippen LogP contribution < -0.4 is 5.32 Å². The molecule has 0 bridgehead atoms. The monoisotopic (exact) mass is 329 g/mol. The van der Waals surface area contributed by atoms with Crippen LogP contribution in [0, 0.1) is 0 Å². The van der Waals surface area contributed by atoms with E-state index < -0.39 is 17.9 Å². The molecule has 2 aromatic rings. The molecule has 1 aromatic heterocycles. The number of benzene rings is 1. The van der Waals surface area contributed by atoms with E-state index in [0.29, 0.717) is 6.42 Å². The lowest BCUT2D eigenvalue weighted by Crippen LogP contribution is -2.43. The van der Waals surface area contributed by atoms with Crippen molar-refractivity contribution in [2.24, 2.45) is 0 Å². The van der Waals surface area contributed by atoms with Gasteiger partial charge in [0.05, 0.1) is 0 Å². The van der Waals surface area contributed by atoms with E-state index in [1.807, 2.05) is 12.1 Å². The average molecular weight is 329 g/mol. The van der Waals surface area contributed by atoms with Crippen LogP contribution in [0.1, 0.15) is 36.3 Å². The number of rotatable bonds is 6. The Kier molecular flexibility index (Phi) is 4.83. The van der Waals surface area contributed by atoms with E-state index in [1.165, 1.54) is 22.1 Å². The van der Waals surface area contributed by atoms with E-state index >= 15 is 0 Å². The Morgan fingerprint density at radius 2 is 2.21 bits per heavy atom. The van der Waals surface area contributed by atoms with Gasteiger partial charge in [-0.05, 0) is 53.2 Å². The molecule has 3 rings (SSSR count). The highest BCUT2D eigenvalue weighted by molar-refractivity contribution is 5.83. The van der Waals surface area contributed by atoms with Crippen molar-refractivity contribution >= 4 is 11.9 Å². The van der Waals surface area contributed by atoms with Crippen LogP contribution in [-0.4, -0.2) is 43.2 Å². The Hall–Kier alpha value is -2.77. The van der Waals surface area contributed by atoms with Crippen LogP contribution in [0.15, 0.2) is 30.6 Å². The third-order valence-electron chi connectivity index (χ3n) is 4.34. The van der Waals surface area contributed by atoms with Gasteiger partial charge in [0, 0.05) is 0 Å². The zero-order valence-electron chi connectivity index (χ0n) is 13.1. The minimum Gasteiger partial charge on any atom is -0.480 e. The molecule has 8 heteroatoms. The Morgan fingerprint density at radius 1 is 1.38 bits per heavy atom. The number of nitrogens with one attached hydrogen (secondary N) is 1. The highest BCUT2D eigenvalue weighted by Crippen LogP contribution is 2.34. The maximum atomic E-state index is 12.0. The molecule has 0 radical (unpaired) electrons. The zero-order valence-corrected chi connectivity index (χ0v) is 13.1. The number of aliphatic carboxylic acids is 1. The Balaban J connectivity index is 1.66. The van der Waals surface area contributed by atoms with Gasteiger partial charge in [0.1, 0.15) is 18.9 Å². The van der Waals surface area contributed by atoms with E-state index in [1.54, 1.807) is 0 Å². The molecule has 0 aliphatic heterocycles. The number of aryl methyl sites for hydroxylation is 1. The fourth-order valence-corrected chi connectivity index (χ4v) is 3.25. The number of carboxylic acid groups (broad SMARTS) is 1. The third-order valence-corrected chi connectivity index (χ3v) is 4.34. The van der Waals surface area contributed by atoms with Crippen LogP contribution in [0.5, 0.6) is 0 Å². The van der Waals surface area contributed by atoms with Gasteiger partial charge in [-0.3, -0.25) is 4.79 Å². The molecule has 1 amide bonds. The fourth-order valence-electron chi connectivity index (χ4n) is 3.25. The molecule has 2 atom stereocenters. The average Bonchev–Trinajstić information content (AvgIpc) is 3.07. The van der Waals surface area contributed by atoms with Crippen molar-refractivity contribution in [3.8, 4) is 0 Å². The van der Waals surface area contributed by atoms with Crippen LogP contribution in [-0.2, 0) is 22.6 Å². The topological polar surface area (TPSA) is 110 Å². The highest BCUT2D eigenvalue weighted by Gasteiger charge is 2.28. The second kappa shape index (κ2) is 7.20. The number of amides is 1. The molecule has 126 valence electrons. The summed E-state index contributed by atoms with van der Waals surface area (Å²) in [5, 5.41) is 22.5. The van der Waals surface area contributed by atoms with Crippen molar-refractivity contribution in [1.82, 2.24) is 25.5 Å². The number of carbonyl (C=O) groups is 2. The molecule has 1 aromatic carbocycles. The van der Waals surface area contributed by atoms with E-state index in [0.717, 1.165) is 19.3 Å². The van der Waals surface area contributed by atoms with Gasteiger partial charge in [-0.1, -0.05) is 24.3 Å². The number of carbonyl (C=O) groups excluding carboxylic acids is 1. The number of tetrazole rings is 1. The number of carboxylic acids is 1. The number of hydrogen-bond acceptors (Lipinski definition) is 5. The Bertz CT molecular complexity index is 716. The van der Waals surface area contributed by atoms with Crippen molar-refractivity contribution in [1.29, 1.82) is 0 Å². The summed E-state index contributed by atoms with van der Waals surface area (Å²) >= 11 is 0. The smallest absolute Gasteiger partial charge is 0.326 e. The highest BCUT2D eigenvalue weighted by atomic mass is 16.4. The summed E-state index contributed by atoms with van der Waals surface area (Å²) < 4.78 is 1.25. The predicted molar refractivity (Wildman–Crippen MR) is 84.1 cm³/mol. The molecule has 1 aliphatic rings. The van der Waals surface area contributed by atoms with E-state index in [-0.39, 0.29) is 12.5 Å². The lowest BCUT2D eigenvalue weighted by atomic mass is 9.79. The van der Waals surface area contributed by atoms with Crippen LogP contribution in [0.2, 0.25) is 0 Å². The molecule has 1 aliphatic carbocycles. The first-order valence-corrected chi connectivity index (χ1v) is 7.94. The van der Waals surface area contributed by atoms with Crippen molar-refractivity contribution < 1.29 is 14.7 Å². The molecule has 2 N–H and O–H groups in total. The molecule has 1 heterocycles. The van der Waals surface area contributed by atoms with Gasteiger partial charge in [0.2, 0.25) is 5.91 Å². The van der Waals surface area contributed by atoms with Crippen LogP contribution in [0.3, 0.4) is 0 Å². The number of nitrogens with zero attached hydrogens (tertiary/aromatic N) is 4. The molecular formula is C16H19N5O3. The second-order valence-corrected chi connectivity index (χ2v) is 5.99. The Morgan fingerprint density at radius 3 is 2.96 bits per heavy atom. The Labute approximate surface area is 138 Å². The maximum absolute atomic E-state index is 12.0. The van der Waals surface area contributed by atoms with Crippen molar-refractivity contribution in [2.45, 2.75) is 44.2 Å². The van der Waals surface area contributed by atoms with Gasteiger partial charge in [0.25, 0.3) is 0 Å². The summed E-state index contributed by atoms with van der Waals surface area (Å²) in [4.78, 5) is 23.6. The van der Waals surface area contributed by atoms with Gasteiger partial charge in [0.15, 0.2) is 0 Å². The standard InChI is InChI=1S/C16H19N5O3/c22-15(9-21-10-17-19-20-21)18-14(16(23)24)8-12-6-3-5-11-4-1-2-7-13(11)12/h1-2,4,7,10,12,14H,3,5-6,8-9H2,(H,18,22)(H,23,24). The van der Waals surface area contributed by atoms with Crippen LogP contribution in [0.4, 0.5) is 0 Å². The zero-order chi connectivity index (χ0) is 16.9. The van der Waals surface area contributed by atoms with Crippen LogP contribution >= 0.6 is 0 Å². The van der Waals surface area contributed by atoms with Crippen molar-refractivity contribution in [3.05, 3.63) is 41.7 Å². The summed E-state index contributed by atoms with van der Waals surface area (Å²) in [6.45, 7) is -0.0992. The number of fused-ring (bicyclic) bond motifs is 1. The molecule has 24 heavy (non-hydrogen) atoms. The van der Waals surface area contributed by atoms with Crippen LogP contribution in [0.25, 0.3) is 0 Å². The summed E-state index contributed by atoms with van der Waals surface area (Å²) in [5.41, 5.74) is 2.47. The van der Waals surface area contributed by atoms with E-state index in [9.17, 15) is 14.7 Å².